The molecule has 4 fully saturated rings. The fourth-order valence-electron chi connectivity index (χ4n) is 9.11. The Kier molecular flexibility index (Phi) is 5.93. The van der Waals surface area contributed by atoms with Crippen molar-refractivity contribution >= 4 is 8.24 Å². The third kappa shape index (κ3) is 4.08. The standard InChI is InChI=1S/C28H46N2Si/c1-28(2,3)29-31(4,5)27-22-16-10-9-15-21(22)25-23-17-11-12-18-24(23)30(26(25)27)19-20-13-7-6-8-14-20/h6-8,13-14,21-27,29H,9-12,15-19H2,1-5H3. The topological polar surface area (TPSA) is 15.3 Å². The van der Waals surface area contributed by atoms with Crippen molar-refractivity contribution < 1.29 is 0 Å². The Bertz CT molecular complexity index is 754. The van der Waals surface area contributed by atoms with E-state index >= 15 is 0 Å². The Hall–Kier alpha value is -0.643. The first-order valence-corrected chi connectivity index (χ1v) is 16.4. The summed E-state index contributed by atoms with van der Waals surface area (Å²) in [5.74, 6) is 3.92. The van der Waals surface area contributed by atoms with E-state index < -0.39 is 8.24 Å². The first-order chi connectivity index (χ1) is 14.8. The van der Waals surface area contributed by atoms with Gasteiger partial charge >= 0.3 is 0 Å². The predicted molar refractivity (Wildman–Crippen MR) is 135 cm³/mol. The Morgan fingerprint density at radius 3 is 2.16 bits per heavy atom. The number of benzene rings is 1. The van der Waals surface area contributed by atoms with Gasteiger partial charge in [0.25, 0.3) is 0 Å². The van der Waals surface area contributed by atoms with Crippen LogP contribution < -0.4 is 4.98 Å². The van der Waals surface area contributed by atoms with E-state index in [1.54, 1.807) is 0 Å². The molecule has 1 aromatic rings. The lowest BCUT2D eigenvalue weighted by atomic mass is 9.70. The molecule has 3 saturated carbocycles. The van der Waals surface area contributed by atoms with Gasteiger partial charge in [0, 0.05) is 24.2 Å². The molecule has 7 unspecified atom stereocenters. The van der Waals surface area contributed by atoms with Crippen LogP contribution >= 0.6 is 0 Å². The summed E-state index contributed by atoms with van der Waals surface area (Å²) >= 11 is 0. The highest BCUT2D eigenvalue weighted by Crippen LogP contribution is 2.64. The molecule has 0 bridgehead atoms. The van der Waals surface area contributed by atoms with Gasteiger partial charge in [0.05, 0.1) is 0 Å². The molecule has 3 heteroatoms. The summed E-state index contributed by atoms with van der Waals surface area (Å²) in [6.07, 6.45) is 11.9. The predicted octanol–water partition coefficient (Wildman–Crippen LogP) is 6.83. The summed E-state index contributed by atoms with van der Waals surface area (Å²) in [6.45, 7) is 13.7. The quantitative estimate of drug-likeness (QED) is 0.518. The van der Waals surface area contributed by atoms with Crippen LogP contribution in [0.4, 0.5) is 0 Å². The lowest BCUT2D eigenvalue weighted by molar-refractivity contribution is 0.115. The zero-order chi connectivity index (χ0) is 21.8. The maximum Gasteiger partial charge on any atom is 0.124 e. The van der Waals surface area contributed by atoms with Gasteiger partial charge in [0.2, 0.25) is 0 Å². The Balaban J connectivity index is 1.55. The molecular weight excluding hydrogens is 392 g/mol. The molecule has 2 nitrogen and oxygen atoms in total. The second-order valence-corrected chi connectivity index (χ2v) is 17.3. The fourth-order valence-corrected chi connectivity index (χ4v) is 14.0. The van der Waals surface area contributed by atoms with Crippen LogP contribution in [0.1, 0.15) is 77.7 Å². The molecule has 5 rings (SSSR count). The van der Waals surface area contributed by atoms with E-state index in [1.165, 1.54) is 63.5 Å². The van der Waals surface area contributed by atoms with Crippen molar-refractivity contribution in [1.29, 1.82) is 0 Å². The molecule has 172 valence electrons. The summed E-state index contributed by atoms with van der Waals surface area (Å²) in [4.78, 5) is 7.35. The highest BCUT2D eigenvalue weighted by Gasteiger charge is 2.65. The highest BCUT2D eigenvalue weighted by molar-refractivity contribution is 6.76. The minimum atomic E-state index is -1.61. The van der Waals surface area contributed by atoms with E-state index in [-0.39, 0.29) is 5.54 Å². The SMILES string of the molecule is CC(C)(C)N[Si](C)(C)C1C2CCCCC2C2C3CCCCC3N(Cc3ccccc3)C21. The molecule has 1 N–H and O–H groups in total. The summed E-state index contributed by atoms with van der Waals surface area (Å²) in [7, 11) is -1.61. The number of hydrogen-bond acceptors (Lipinski definition) is 2. The van der Waals surface area contributed by atoms with Gasteiger partial charge in [-0.05, 0) is 74.8 Å². The van der Waals surface area contributed by atoms with Gasteiger partial charge in [-0.3, -0.25) is 4.90 Å². The van der Waals surface area contributed by atoms with E-state index in [9.17, 15) is 0 Å². The van der Waals surface area contributed by atoms with Crippen molar-refractivity contribution in [2.75, 3.05) is 0 Å². The van der Waals surface area contributed by atoms with Crippen LogP contribution in [0.25, 0.3) is 0 Å². The number of rotatable bonds is 4. The molecule has 1 aliphatic heterocycles. The van der Waals surface area contributed by atoms with Crippen LogP contribution in [-0.2, 0) is 6.54 Å². The highest BCUT2D eigenvalue weighted by atomic mass is 28.3. The lowest BCUT2D eigenvalue weighted by Crippen LogP contribution is -2.61. The summed E-state index contributed by atoms with van der Waals surface area (Å²) in [6, 6.07) is 13.1. The third-order valence-corrected chi connectivity index (χ3v) is 13.2. The van der Waals surface area contributed by atoms with Crippen LogP contribution in [0.2, 0.25) is 18.6 Å². The summed E-state index contributed by atoms with van der Waals surface area (Å²) in [5, 5.41) is 0. The minimum Gasteiger partial charge on any atom is -0.332 e. The Morgan fingerprint density at radius 2 is 1.48 bits per heavy atom. The zero-order valence-electron chi connectivity index (χ0n) is 20.7. The molecule has 1 heterocycles. The monoisotopic (exact) mass is 438 g/mol. The minimum absolute atomic E-state index is 0.216. The van der Waals surface area contributed by atoms with Crippen LogP contribution in [0, 0.1) is 23.7 Å². The molecule has 1 saturated heterocycles. The average molecular weight is 439 g/mol. The second kappa shape index (κ2) is 8.29. The maximum absolute atomic E-state index is 4.26. The number of nitrogens with one attached hydrogen (secondary N) is 1. The number of hydrogen-bond donors (Lipinski definition) is 1. The first kappa shape index (κ1) is 22.2. The van der Waals surface area contributed by atoms with Crippen LogP contribution in [0.3, 0.4) is 0 Å². The average Bonchev–Trinajstić information content (AvgIpc) is 3.21. The number of fused-ring (bicyclic) bond motifs is 5. The van der Waals surface area contributed by atoms with E-state index in [0.717, 1.165) is 41.3 Å². The van der Waals surface area contributed by atoms with E-state index in [0.29, 0.717) is 0 Å². The van der Waals surface area contributed by atoms with E-state index in [4.69, 9.17) is 0 Å². The van der Waals surface area contributed by atoms with Gasteiger partial charge in [-0.15, -0.1) is 0 Å². The molecule has 0 radical (unpaired) electrons. The molecule has 0 amide bonds. The Labute approximate surface area is 192 Å². The van der Waals surface area contributed by atoms with Gasteiger partial charge in [0.15, 0.2) is 0 Å². The van der Waals surface area contributed by atoms with Gasteiger partial charge in [0.1, 0.15) is 8.24 Å². The van der Waals surface area contributed by atoms with Crippen molar-refractivity contribution in [3.05, 3.63) is 35.9 Å². The van der Waals surface area contributed by atoms with E-state index in [2.05, 4.69) is 74.1 Å². The largest absolute Gasteiger partial charge is 0.332 e. The number of likely N-dealkylation sites (tertiary alicyclic amines) is 1. The summed E-state index contributed by atoms with van der Waals surface area (Å²) < 4.78 is 0. The van der Waals surface area contributed by atoms with Gasteiger partial charge in [-0.1, -0.05) is 75.5 Å². The molecule has 31 heavy (non-hydrogen) atoms. The lowest BCUT2D eigenvalue weighted by Gasteiger charge is -2.47. The smallest absolute Gasteiger partial charge is 0.124 e. The summed E-state index contributed by atoms with van der Waals surface area (Å²) in [5.41, 5.74) is 2.65. The van der Waals surface area contributed by atoms with E-state index in [1.807, 2.05) is 0 Å². The molecule has 7 atom stereocenters. The normalized spacial score (nSPS) is 38.5. The first-order valence-electron chi connectivity index (χ1n) is 13.4. The van der Waals surface area contributed by atoms with Crippen molar-refractivity contribution in [2.24, 2.45) is 23.7 Å². The van der Waals surface area contributed by atoms with Gasteiger partial charge < -0.3 is 4.98 Å². The van der Waals surface area contributed by atoms with Gasteiger partial charge in [-0.2, -0.15) is 0 Å². The molecule has 1 aromatic carbocycles. The molecular formula is C28H46N2Si. The Morgan fingerprint density at radius 1 is 0.871 bits per heavy atom. The second-order valence-electron chi connectivity index (χ2n) is 13.0. The maximum atomic E-state index is 4.26. The molecule has 3 aliphatic carbocycles. The fraction of sp³-hybridized carbons (Fsp3) is 0.786. The van der Waals surface area contributed by atoms with Crippen LogP contribution in [0.5, 0.6) is 0 Å². The number of nitrogens with zero attached hydrogens (tertiary/aromatic N) is 1. The van der Waals surface area contributed by atoms with Crippen molar-refractivity contribution in [1.82, 2.24) is 9.88 Å². The van der Waals surface area contributed by atoms with Gasteiger partial charge in [-0.25, -0.2) is 0 Å². The van der Waals surface area contributed by atoms with Crippen LogP contribution in [0.15, 0.2) is 30.3 Å². The third-order valence-electron chi connectivity index (χ3n) is 9.42. The van der Waals surface area contributed by atoms with Crippen molar-refractivity contribution in [3.8, 4) is 0 Å². The molecule has 0 aromatic heterocycles. The molecule has 4 aliphatic rings. The zero-order valence-corrected chi connectivity index (χ0v) is 21.7. The van der Waals surface area contributed by atoms with Crippen LogP contribution in [-0.4, -0.2) is 30.8 Å². The van der Waals surface area contributed by atoms with Crippen molar-refractivity contribution in [2.45, 2.75) is 115 Å². The molecule has 0 spiro atoms. The van der Waals surface area contributed by atoms with Crippen molar-refractivity contribution in [3.63, 3.8) is 0 Å².